The Morgan fingerprint density at radius 3 is 2.81 bits per heavy atom. The summed E-state index contributed by atoms with van der Waals surface area (Å²) >= 11 is 2.42. The number of hydrogen-bond acceptors (Lipinski definition) is 2. The van der Waals surface area contributed by atoms with E-state index in [1.54, 1.807) is 7.11 Å². The van der Waals surface area contributed by atoms with Gasteiger partial charge in [-0.1, -0.05) is 40.3 Å². The van der Waals surface area contributed by atoms with Gasteiger partial charge in [0, 0.05) is 12.1 Å². The Balaban J connectivity index is 2.42. The Hall–Kier alpha value is -0.290. The second-order valence-corrected chi connectivity index (χ2v) is 4.97. The summed E-state index contributed by atoms with van der Waals surface area (Å²) < 4.78 is 6.58. The van der Waals surface area contributed by atoms with E-state index in [0.29, 0.717) is 0 Å². The molecular weight excluding hydrogens is 313 g/mol. The first kappa shape index (κ1) is 13.8. The molecule has 0 radical (unpaired) electrons. The number of unbranched alkanes of at least 4 members (excludes halogenated alkanes) is 1. The van der Waals surface area contributed by atoms with E-state index >= 15 is 0 Å². The minimum atomic E-state index is 0.895. The second kappa shape index (κ2) is 7.90. The number of hydrogen-bond donors (Lipinski definition) is 1. The first-order valence-electron chi connectivity index (χ1n) is 5.68. The highest BCUT2D eigenvalue weighted by atomic mass is 127. The summed E-state index contributed by atoms with van der Waals surface area (Å²) in [5.74, 6) is 0.979. The molecular formula is C13H20INO. The molecule has 1 aromatic carbocycles. The zero-order valence-corrected chi connectivity index (χ0v) is 12.2. The Bertz CT molecular complexity index is 315. The monoisotopic (exact) mass is 333 g/mol. The molecule has 0 saturated heterocycles. The number of methoxy groups -OCH3 is 1. The Morgan fingerprint density at radius 2 is 2.12 bits per heavy atom. The molecule has 0 aliphatic heterocycles. The molecule has 0 unspecified atom stereocenters. The minimum absolute atomic E-state index is 0.895. The maximum Gasteiger partial charge on any atom is 0.123 e. The van der Waals surface area contributed by atoms with Gasteiger partial charge in [0.05, 0.1) is 7.11 Å². The molecule has 0 atom stereocenters. The molecule has 0 aromatic heterocycles. The highest BCUT2D eigenvalue weighted by molar-refractivity contribution is 14.1. The van der Waals surface area contributed by atoms with Crippen molar-refractivity contribution in [2.45, 2.75) is 26.3 Å². The number of halogens is 1. The molecule has 0 saturated carbocycles. The quantitative estimate of drug-likeness (QED) is 0.470. The summed E-state index contributed by atoms with van der Waals surface area (Å²) in [7, 11) is 1.73. The van der Waals surface area contributed by atoms with E-state index in [-0.39, 0.29) is 0 Å². The lowest BCUT2D eigenvalue weighted by atomic mass is 10.1. The van der Waals surface area contributed by atoms with E-state index in [0.717, 1.165) is 18.8 Å². The standard InChI is InChI=1S/C13H20INO/c1-11-5-6-13(16-2)12(9-11)10-15-8-4-3-7-14/h5-6,9,15H,3-4,7-8,10H2,1-2H3. The van der Waals surface area contributed by atoms with Crippen LogP contribution in [-0.2, 0) is 6.54 Å². The van der Waals surface area contributed by atoms with E-state index in [4.69, 9.17) is 4.74 Å². The van der Waals surface area contributed by atoms with Crippen molar-refractivity contribution in [3.63, 3.8) is 0 Å². The maximum absolute atomic E-state index is 5.34. The lowest BCUT2D eigenvalue weighted by molar-refractivity contribution is 0.407. The predicted molar refractivity (Wildman–Crippen MR) is 77.6 cm³/mol. The predicted octanol–water partition coefficient (Wildman–Crippen LogP) is 3.31. The molecule has 1 aromatic rings. The largest absolute Gasteiger partial charge is 0.496 e. The van der Waals surface area contributed by atoms with Crippen LogP contribution in [0.15, 0.2) is 18.2 Å². The number of nitrogens with one attached hydrogen (secondary N) is 1. The molecule has 0 aliphatic rings. The van der Waals surface area contributed by atoms with Gasteiger partial charge >= 0.3 is 0 Å². The maximum atomic E-state index is 5.34. The molecule has 0 amide bonds. The van der Waals surface area contributed by atoms with Crippen LogP contribution >= 0.6 is 22.6 Å². The number of alkyl halides is 1. The van der Waals surface area contributed by atoms with E-state index in [2.05, 4.69) is 47.0 Å². The van der Waals surface area contributed by atoms with Crippen LogP contribution in [0.4, 0.5) is 0 Å². The van der Waals surface area contributed by atoms with Crippen LogP contribution in [0.25, 0.3) is 0 Å². The van der Waals surface area contributed by atoms with Crippen LogP contribution in [0.2, 0.25) is 0 Å². The fourth-order valence-corrected chi connectivity index (χ4v) is 2.15. The molecule has 0 fully saturated rings. The van der Waals surface area contributed by atoms with Gasteiger partial charge in [-0.25, -0.2) is 0 Å². The molecule has 16 heavy (non-hydrogen) atoms. The summed E-state index contributed by atoms with van der Waals surface area (Å²) in [6, 6.07) is 6.31. The van der Waals surface area contributed by atoms with Crippen LogP contribution in [-0.4, -0.2) is 18.1 Å². The van der Waals surface area contributed by atoms with Crippen LogP contribution in [0.3, 0.4) is 0 Å². The molecule has 1 rings (SSSR count). The molecule has 0 heterocycles. The van der Waals surface area contributed by atoms with Gasteiger partial charge in [-0.2, -0.15) is 0 Å². The molecule has 90 valence electrons. The number of rotatable bonds is 7. The first-order chi connectivity index (χ1) is 7.77. The summed E-state index contributed by atoms with van der Waals surface area (Å²) in [5.41, 5.74) is 2.53. The van der Waals surface area contributed by atoms with Crippen molar-refractivity contribution in [3.8, 4) is 5.75 Å². The zero-order chi connectivity index (χ0) is 11.8. The Morgan fingerprint density at radius 1 is 1.31 bits per heavy atom. The SMILES string of the molecule is COc1ccc(C)cc1CNCCCCI. The smallest absolute Gasteiger partial charge is 0.123 e. The normalized spacial score (nSPS) is 10.4. The molecule has 1 N–H and O–H groups in total. The Kier molecular flexibility index (Phi) is 6.80. The van der Waals surface area contributed by atoms with Gasteiger partial charge in [0.15, 0.2) is 0 Å². The summed E-state index contributed by atoms with van der Waals surface area (Å²) in [5, 5.41) is 3.46. The van der Waals surface area contributed by atoms with E-state index in [1.165, 1.54) is 28.4 Å². The molecule has 2 nitrogen and oxygen atoms in total. The van der Waals surface area contributed by atoms with Gasteiger partial charge in [-0.3, -0.25) is 0 Å². The fraction of sp³-hybridized carbons (Fsp3) is 0.538. The first-order valence-corrected chi connectivity index (χ1v) is 7.20. The van der Waals surface area contributed by atoms with Gasteiger partial charge < -0.3 is 10.1 Å². The van der Waals surface area contributed by atoms with Crippen molar-refractivity contribution in [2.75, 3.05) is 18.1 Å². The minimum Gasteiger partial charge on any atom is -0.496 e. The average Bonchev–Trinajstić information content (AvgIpc) is 2.29. The van der Waals surface area contributed by atoms with Crippen molar-refractivity contribution in [3.05, 3.63) is 29.3 Å². The van der Waals surface area contributed by atoms with E-state index in [1.807, 2.05) is 6.07 Å². The number of ether oxygens (including phenoxy) is 1. The summed E-state index contributed by atoms with van der Waals surface area (Å²) in [6.45, 7) is 4.09. The lowest BCUT2D eigenvalue weighted by Crippen LogP contribution is -2.15. The van der Waals surface area contributed by atoms with Crippen LogP contribution < -0.4 is 10.1 Å². The average molecular weight is 333 g/mol. The van der Waals surface area contributed by atoms with Gasteiger partial charge in [0.1, 0.15) is 5.75 Å². The summed E-state index contributed by atoms with van der Waals surface area (Å²) in [4.78, 5) is 0. The van der Waals surface area contributed by atoms with Gasteiger partial charge in [-0.15, -0.1) is 0 Å². The number of benzene rings is 1. The van der Waals surface area contributed by atoms with Gasteiger partial charge in [0.25, 0.3) is 0 Å². The van der Waals surface area contributed by atoms with Crippen LogP contribution in [0.5, 0.6) is 5.75 Å². The lowest BCUT2D eigenvalue weighted by Gasteiger charge is -2.10. The molecule has 3 heteroatoms. The zero-order valence-electron chi connectivity index (χ0n) is 10.1. The summed E-state index contributed by atoms with van der Waals surface area (Å²) in [6.07, 6.45) is 2.54. The molecule has 0 spiro atoms. The van der Waals surface area contributed by atoms with Crippen LogP contribution in [0.1, 0.15) is 24.0 Å². The third-order valence-corrected chi connectivity index (χ3v) is 3.25. The molecule has 0 bridgehead atoms. The van der Waals surface area contributed by atoms with Gasteiger partial charge in [0.2, 0.25) is 0 Å². The second-order valence-electron chi connectivity index (χ2n) is 3.89. The third kappa shape index (κ3) is 4.70. The fourth-order valence-electron chi connectivity index (χ4n) is 1.61. The highest BCUT2D eigenvalue weighted by Crippen LogP contribution is 2.19. The van der Waals surface area contributed by atoms with E-state index in [9.17, 15) is 0 Å². The topological polar surface area (TPSA) is 21.3 Å². The third-order valence-electron chi connectivity index (χ3n) is 2.49. The highest BCUT2D eigenvalue weighted by Gasteiger charge is 2.02. The van der Waals surface area contributed by atoms with E-state index < -0.39 is 0 Å². The van der Waals surface area contributed by atoms with Crippen molar-refractivity contribution in [2.24, 2.45) is 0 Å². The Labute approximate surface area is 112 Å². The van der Waals surface area contributed by atoms with Gasteiger partial charge in [-0.05, 0) is 36.8 Å². The number of aryl methyl sites for hydroxylation is 1. The molecule has 0 aliphatic carbocycles. The van der Waals surface area contributed by atoms with Crippen molar-refractivity contribution in [1.82, 2.24) is 5.32 Å². The van der Waals surface area contributed by atoms with Crippen molar-refractivity contribution < 1.29 is 4.74 Å². The van der Waals surface area contributed by atoms with Crippen LogP contribution in [0, 0.1) is 6.92 Å². The van der Waals surface area contributed by atoms with Crippen molar-refractivity contribution in [1.29, 1.82) is 0 Å². The van der Waals surface area contributed by atoms with Crippen molar-refractivity contribution >= 4 is 22.6 Å².